The fourth-order valence-electron chi connectivity index (χ4n) is 0.477. The van der Waals surface area contributed by atoms with E-state index in [1.807, 2.05) is 0 Å². The zero-order valence-electron chi connectivity index (χ0n) is 7.64. The van der Waals surface area contributed by atoms with Crippen LogP contribution in [0.15, 0.2) is 0 Å². The minimum absolute atomic E-state index is 0.731. The molecule has 0 amide bonds. The van der Waals surface area contributed by atoms with Crippen LogP contribution < -0.4 is 0 Å². The van der Waals surface area contributed by atoms with E-state index in [1.54, 1.807) is 0 Å². The molecule has 0 saturated heterocycles. The molecule has 0 saturated carbocycles. The minimum atomic E-state index is -2.44. The van der Waals surface area contributed by atoms with Crippen LogP contribution in [0, 0.1) is 0 Å². The van der Waals surface area contributed by atoms with Crippen LogP contribution in [0.4, 0.5) is 0 Å². The van der Waals surface area contributed by atoms with Gasteiger partial charge in [0, 0.05) is 0 Å². The average molecular weight is 206 g/mol. The number of carboxylic acids is 2. The number of aliphatic carboxylic acids is 2. The first-order chi connectivity index (χ1) is 6.34. The summed E-state index contributed by atoms with van der Waals surface area (Å²) in [5, 5.41) is 17.1. The van der Waals surface area contributed by atoms with Gasteiger partial charge in [0.15, 0.2) is 0 Å². The number of hydrogen-bond donors (Lipinski definition) is 2. The molecule has 0 aromatic rings. The average Bonchev–Trinajstić information content (AvgIpc) is 2.12. The highest BCUT2D eigenvalue weighted by Gasteiger charge is 2.43. The molecule has 0 radical (unpaired) electrons. The Morgan fingerprint density at radius 3 is 1.93 bits per heavy atom. The van der Waals surface area contributed by atoms with E-state index in [0.717, 1.165) is 14.0 Å². The lowest BCUT2D eigenvalue weighted by molar-refractivity contribution is -0.184. The number of methoxy groups -OCH3 is 1. The van der Waals surface area contributed by atoms with E-state index in [-0.39, 0.29) is 0 Å². The maximum absolute atomic E-state index is 10.6. The van der Waals surface area contributed by atoms with Gasteiger partial charge in [-0.1, -0.05) is 0 Å². The summed E-state index contributed by atoms with van der Waals surface area (Å²) in [5.41, 5.74) is -2.44. The monoisotopic (exact) mass is 206 g/mol. The lowest BCUT2D eigenvalue weighted by atomic mass is 10.1. The Bertz CT molecular complexity index is 243. The van der Waals surface area contributed by atoms with Gasteiger partial charge in [0.25, 0.3) is 5.60 Å². The minimum Gasteiger partial charge on any atom is -0.479 e. The van der Waals surface area contributed by atoms with Crippen LogP contribution >= 0.6 is 0 Å². The van der Waals surface area contributed by atoms with Gasteiger partial charge in [-0.25, -0.2) is 14.4 Å². The summed E-state index contributed by atoms with van der Waals surface area (Å²) in [6, 6.07) is 0. The van der Waals surface area contributed by atoms with Crippen molar-refractivity contribution < 1.29 is 34.1 Å². The second-order valence-electron chi connectivity index (χ2n) is 2.51. The van der Waals surface area contributed by atoms with Crippen molar-refractivity contribution in [3.8, 4) is 0 Å². The fraction of sp³-hybridized carbons (Fsp3) is 0.571. The highest BCUT2D eigenvalue weighted by atomic mass is 16.6. The van der Waals surface area contributed by atoms with Crippen molar-refractivity contribution >= 4 is 17.9 Å². The van der Waals surface area contributed by atoms with Crippen LogP contribution in [0.2, 0.25) is 0 Å². The van der Waals surface area contributed by atoms with Crippen LogP contribution in [-0.4, -0.2) is 47.4 Å². The molecule has 0 aliphatic rings. The van der Waals surface area contributed by atoms with Gasteiger partial charge >= 0.3 is 17.9 Å². The zero-order valence-corrected chi connectivity index (χ0v) is 7.64. The van der Waals surface area contributed by atoms with Crippen molar-refractivity contribution in [2.75, 3.05) is 13.7 Å². The first kappa shape index (κ1) is 12.4. The van der Waals surface area contributed by atoms with Crippen molar-refractivity contribution in [2.45, 2.75) is 12.5 Å². The Morgan fingerprint density at radius 1 is 1.21 bits per heavy atom. The number of hydrogen-bond acceptors (Lipinski definition) is 5. The van der Waals surface area contributed by atoms with E-state index < -0.39 is 30.1 Å². The van der Waals surface area contributed by atoms with Crippen LogP contribution in [0.3, 0.4) is 0 Å². The molecule has 0 spiro atoms. The Hall–Kier alpha value is -1.63. The highest BCUT2D eigenvalue weighted by molar-refractivity contribution is 6.01. The maximum atomic E-state index is 10.6. The van der Waals surface area contributed by atoms with Gasteiger partial charge in [0.2, 0.25) is 0 Å². The van der Waals surface area contributed by atoms with Gasteiger partial charge in [0.1, 0.15) is 6.61 Å². The second kappa shape index (κ2) is 4.56. The van der Waals surface area contributed by atoms with E-state index in [4.69, 9.17) is 10.2 Å². The maximum Gasteiger partial charge on any atom is 0.347 e. The molecule has 0 rings (SSSR count). The molecule has 0 aromatic carbocycles. The lowest BCUT2D eigenvalue weighted by Gasteiger charge is -2.19. The van der Waals surface area contributed by atoms with Crippen molar-refractivity contribution in [2.24, 2.45) is 0 Å². The van der Waals surface area contributed by atoms with Crippen LogP contribution in [0.25, 0.3) is 0 Å². The third kappa shape index (κ3) is 2.70. The number of carbonyl (C=O) groups is 3. The molecule has 0 fully saturated rings. The van der Waals surface area contributed by atoms with Crippen LogP contribution in [-0.2, 0) is 23.9 Å². The molecule has 0 bridgehead atoms. The Kier molecular flexibility index (Phi) is 4.03. The molecule has 2 N–H and O–H groups in total. The van der Waals surface area contributed by atoms with E-state index in [2.05, 4.69) is 9.47 Å². The molecule has 0 aromatic heterocycles. The highest BCUT2D eigenvalue weighted by Crippen LogP contribution is 2.10. The number of ether oxygens (including phenoxy) is 2. The van der Waals surface area contributed by atoms with E-state index in [0.29, 0.717) is 0 Å². The summed E-state index contributed by atoms with van der Waals surface area (Å²) >= 11 is 0. The summed E-state index contributed by atoms with van der Waals surface area (Å²) in [5.74, 6) is -4.22. The van der Waals surface area contributed by atoms with Crippen LogP contribution in [0.1, 0.15) is 6.92 Å². The first-order valence-corrected chi connectivity index (χ1v) is 3.52. The number of rotatable bonds is 5. The molecule has 7 nitrogen and oxygen atoms in total. The largest absolute Gasteiger partial charge is 0.479 e. The molecule has 0 atom stereocenters. The first-order valence-electron chi connectivity index (χ1n) is 3.52. The fourth-order valence-corrected chi connectivity index (χ4v) is 0.477. The van der Waals surface area contributed by atoms with E-state index in [9.17, 15) is 14.4 Å². The third-order valence-electron chi connectivity index (χ3n) is 1.52. The predicted molar refractivity (Wildman–Crippen MR) is 41.6 cm³/mol. The summed E-state index contributed by atoms with van der Waals surface area (Å²) in [6.07, 6.45) is 0. The lowest BCUT2D eigenvalue weighted by Crippen LogP contribution is -2.47. The third-order valence-corrected chi connectivity index (χ3v) is 1.52. The smallest absolute Gasteiger partial charge is 0.347 e. The number of carboxylic acid groups (broad SMARTS) is 2. The second-order valence-corrected chi connectivity index (χ2v) is 2.51. The van der Waals surface area contributed by atoms with Crippen molar-refractivity contribution in [3.63, 3.8) is 0 Å². The van der Waals surface area contributed by atoms with E-state index in [1.165, 1.54) is 0 Å². The van der Waals surface area contributed by atoms with Gasteiger partial charge in [-0.3, -0.25) is 0 Å². The molecule has 14 heavy (non-hydrogen) atoms. The van der Waals surface area contributed by atoms with Gasteiger partial charge in [-0.15, -0.1) is 0 Å². The Labute approximate surface area is 79.2 Å². The number of esters is 1. The zero-order chi connectivity index (χ0) is 11.4. The number of carbonyl (C=O) groups excluding carboxylic acids is 1. The standard InChI is InChI=1S/C7H10O7/c1-7(5(9)10,6(11)12)14-3-4(8)13-2/h3H2,1-2H3,(H,9,10)(H,11,12). The molecule has 0 aliphatic carbocycles. The van der Waals surface area contributed by atoms with E-state index >= 15 is 0 Å². The molecule has 7 heteroatoms. The quantitative estimate of drug-likeness (QED) is 0.443. The molecule has 0 heterocycles. The van der Waals surface area contributed by atoms with Gasteiger partial charge < -0.3 is 19.7 Å². The summed E-state index contributed by atoms with van der Waals surface area (Å²) in [6.45, 7) is 0.103. The molecule has 0 unspecified atom stereocenters. The van der Waals surface area contributed by atoms with Gasteiger partial charge in [0.05, 0.1) is 7.11 Å². The topological polar surface area (TPSA) is 110 Å². The van der Waals surface area contributed by atoms with Gasteiger partial charge in [-0.2, -0.15) is 0 Å². The van der Waals surface area contributed by atoms with Crippen molar-refractivity contribution in [1.29, 1.82) is 0 Å². The normalized spacial score (nSPS) is 10.7. The molecular formula is C7H10O7. The van der Waals surface area contributed by atoms with Crippen molar-refractivity contribution in [3.05, 3.63) is 0 Å². The van der Waals surface area contributed by atoms with Gasteiger partial charge in [-0.05, 0) is 6.92 Å². The summed E-state index contributed by atoms with van der Waals surface area (Å²) in [7, 11) is 1.07. The molecule has 80 valence electrons. The Morgan fingerprint density at radius 2 is 1.64 bits per heavy atom. The summed E-state index contributed by atoms with van der Waals surface area (Å²) < 4.78 is 8.59. The Balaban J connectivity index is 4.47. The summed E-state index contributed by atoms with van der Waals surface area (Å²) in [4.78, 5) is 31.6. The van der Waals surface area contributed by atoms with Crippen LogP contribution in [0.5, 0.6) is 0 Å². The van der Waals surface area contributed by atoms with Crippen molar-refractivity contribution in [1.82, 2.24) is 0 Å². The molecular weight excluding hydrogens is 196 g/mol. The predicted octanol–water partition coefficient (Wildman–Crippen LogP) is -0.896. The molecule has 0 aliphatic heterocycles. The SMILES string of the molecule is COC(=O)COC(C)(C(=O)O)C(=O)O.